The van der Waals surface area contributed by atoms with E-state index in [0.29, 0.717) is 41.8 Å². The van der Waals surface area contributed by atoms with E-state index in [9.17, 15) is 18.8 Å². The lowest BCUT2D eigenvalue weighted by Crippen LogP contribution is -2.52. The molecule has 4 aromatic rings. The number of rotatable bonds is 8. The average molecular weight is 842 g/mol. The van der Waals surface area contributed by atoms with Gasteiger partial charge in [-0.2, -0.15) is 0 Å². The number of allylic oxidation sites excluding steroid dienone is 1. The van der Waals surface area contributed by atoms with E-state index in [1.165, 1.54) is 17.3 Å². The highest BCUT2D eigenvalue weighted by molar-refractivity contribution is 6.05. The molecule has 10 rings (SSSR count). The fourth-order valence-corrected chi connectivity index (χ4v) is 11.8. The maximum atomic E-state index is 14.8. The second kappa shape index (κ2) is 16.0. The van der Waals surface area contributed by atoms with Crippen LogP contribution < -0.4 is 10.2 Å². The summed E-state index contributed by atoms with van der Waals surface area (Å²) in [6.07, 6.45) is 12.9. The Morgan fingerprint density at radius 1 is 0.855 bits per heavy atom. The molecule has 0 saturated carbocycles. The van der Waals surface area contributed by atoms with Crippen molar-refractivity contribution in [2.75, 3.05) is 37.6 Å². The number of halogens is 1. The SMILES string of the molecule is CC1(C)CC(C=C(c2ccc(N3CCC(CN4CCC(N5Cc6cc7c(cc6C5)C(=O)N(C5CCC(=O)NC5=O)C7)CC4)CC3)nc2)c2ccc3[nH]cc(F)c3c2)CC(C)(C)O1. The number of pyridine rings is 1. The number of carbonyl (C=O) groups excluding carboxylic acids is 3. The minimum Gasteiger partial charge on any atom is -0.370 e. The standard InChI is InChI=1S/C50H60FN7O4/c1-49(2)23-32(24-50(3,4)62-49)19-39(33-5-7-43-41(21-33)42(51)26-52-43)34-6-9-45(53-25-34)56-17-11-31(12-18-56)27-55-15-13-38(14-16-55)57-28-35-20-37-30-58(44-8-10-46(59)54-47(44)60)48(61)40(37)22-36(35)29-57/h5-7,9,19-22,25-26,31-32,38,44,52H,8,10-18,23-24,27-30H2,1-4H3,(H,54,59,60). The Bertz CT molecular complexity index is 2410. The van der Waals surface area contributed by atoms with E-state index < -0.39 is 6.04 Å². The number of carbonyl (C=O) groups is 3. The quantitative estimate of drug-likeness (QED) is 0.175. The zero-order valence-electron chi connectivity index (χ0n) is 36.6. The number of likely N-dealkylation sites (tertiary alicyclic amines) is 1. The molecule has 8 heterocycles. The van der Waals surface area contributed by atoms with Crippen LogP contribution in [0.2, 0.25) is 0 Å². The van der Waals surface area contributed by atoms with Gasteiger partial charge in [-0.3, -0.25) is 24.6 Å². The van der Waals surface area contributed by atoms with E-state index in [1.807, 2.05) is 18.3 Å². The Morgan fingerprint density at radius 2 is 1.58 bits per heavy atom. The van der Waals surface area contributed by atoms with E-state index >= 15 is 0 Å². The van der Waals surface area contributed by atoms with E-state index in [4.69, 9.17) is 9.72 Å². The van der Waals surface area contributed by atoms with Gasteiger partial charge in [0, 0.05) is 86.2 Å². The molecule has 326 valence electrons. The first-order valence-corrected chi connectivity index (χ1v) is 22.9. The van der Waals surface area contributed by atoms with Gasteiger partial charge in [0.25, 0.3) is 5.91 Å². The van der Waals surface area contributed by atoms with Crippen LogP contribution in [0.4, 0.5) is 10.2 Å². The third kappa shape index (κ3) is 8.21. The smallest absolute Gasteiger partial charge is 0.255 e. The maximum absolute atomic E-state index is 14.8. The number of aromatic nitrogens is 2. The Hall–Kier alpha value is -4.91. The second-order valence-corrected chi connectivity index (χ2v) is 20.2. The first kappa shape index (κ1) is 41.1. The summed E-state index contributed by atoms with van der Waals surface area (Å²) in [6, 6.07) is 14.6. The zero-order valence-corrected chi connectivity index (χ0v) is 36.6. The van der Waals surface area contributed by atoms with Gasteiger partial charge in [-0.15, -0.1) is 0 Å². The molecule has 0 bridgehead atoms. The number of benzene rings is 2. The van der Waals surface area contributed by atoms with Crippen molar-refractivity contribution < 1.29 is 23.5 Å². The highest BCUT2D eigenvalue weighted by Crippen LogP contribution is 2.42. The number of piperidine rings is 3. The predicted octanol–water partition coefficient (Wildman–Crippen LogP) is 7.58. The summed E-state index contributed by atoms with van der Waals surface area (Å²) in [5.74, 6) is 1.03. The summed E-state index contributed by atoms with van der Waals surface area (Å²) < 4.78 is 21.2. The molecule has 6 aliphatic heterocycles. The third-order valence-electron chi connectivity index (χ3n) is 14.6. The fourth-order valence-electron chi connectivity index (χ4n) is 11.8. The number of nitrogens with one attached hydrogen (secondary N) is 2. The number of ether oxygens (including phenoxy) is 1. The van der Waals surface area contributed by atoms with Gasteiger partial charge in [0.2, 0.25) is 11.8 Å². The predicted molar refractivity (Wildman–Crippen MR) is 238 cm³/mol. The van der Waals surface area contributed by atoms with Gasteiger partial charge in [-0.1, -0.05) is 18.2 Å². The normalized spacial score (nSPS) is 24.2. The van der Waals surface area contributed by atoms with Gasteiger partial charge in [-0.25, -0.2) is 9.37 Å². The van der Waals surface area contributed by atoms with Gasteiger partial charge in [0.15, 0.2) is 0 Å². The van der Waals surface area contributed by atoms with Crippen LogP contribution in [-0.2, 0) is 34.0 Å². The molecule has 6 aliphatic rings. The first-order valence-electron chi connectivity index (χ1n) is 22.9. The van der Waals surface area contributed by atoms with E-state index in [0.717, 1.165) is 118 Å². The Balaban J connectivity index is 0.727. The van der Waals surface area contributed by atoms with E-state index in [2.05, 4.69) is 89.1 Å². The molecule has 0 radical (unpaired) electrons. The number of hydrogen-bond acceptors (Lipinski definition) is 8. The van der Waals surface area contributed by atoms with Crippen molar-refractivity contribution in [2.45, 2.75) is 122 Å². The molecule has 1 unspecified atom stereocenters. The van der Waals surface area contributed by atoms with E-state index in [1.54, 1.807) is 4.90 Å². The lowest BCUT2D eigenvalue weighted by Gasteiger charge is -2.45. The van der Waals surface area contributed by atoms with Gasteiger partial charge in [0.1, 0.15) is 17.7 Å². The molecule has 1 atom stereocenters. The van der Waals surface area contributed by atoms with Crippen molar-refractivity contribution in [3.8, 4) is 0 Å². The van der Waals surface area contributed by atoms with Crippen molar-refractivity contribution in [3.63, 3.8) is 0 Å². The van der Waals surface area contributed by atoms with Gasteiger partial charge in [0.05, 0.1) is 11.2 Å². The van der Waals surface area contributed by atoms with Crippen molar-refractivity contribution in [1.82, 2.24) is 30.0 Å². The summed E-state index contributed by atoms with van der Waals surface area (Å²) >= 11 is 0. The summed E-state index contributed by atoms with van der Waals surface area (Å²) in [4.78, 5) is 55.0. The van der Waals surface area contributed by atoms with Crippen LogP contribution in [0.3, 0.4) is 0 Å². The second-order valence-electron chi connectivity index (χ2n) is 20.2. The van der Waals surface area contributed by atoms with Crippen LogP contribution in [0.15, 0.2) is 60.9 Å². The third-order valence-corrected chi connectivity index (χ3v) is 14.6. The van der Waals surface area contributed by atoms with E-state index in [-0.39, 0.29) is 41.2 Å². The number of H-pyrrole nitrogens is 1. The number of anilines is 1. The molecule has 2 aromatic carbocycles. The number of fused-ring (bicyclic) bond motifs is 3. The minimum absolute atomic E-state index is 0.0949. The Kier molecular flexibility index (Phi) is 10.6. The Labute approximate surface area is 364 Å². The highest BCUT2D eigenvalue weighted by atomic mass is 19.1. The van der Waals surface area contributed by atoms with Crippen LogP contribution in [0.1, 0.15) is 117 Å². The molecular formula is C50H60FN7O4. The molecule has 2 aromatic heterocycles. The number of nitrogens with zero attached hydrogens (tertiary/aromatic N) is 5. The average Bonchev–Trinajstić information content (AvgIpc) is 3.92. The number of imide groups is 1. The monoisotopic (exact) mass is 841 g/mol. The van der Waals surface area contributed by atoms with Crippen molar-refractivity contribution in [1.29, 1.82) is 0 Å². The van der Waals surface area contributed by atoms with Crippen molar-refractivity contribution >= 4 is 40.0 Å². The molecule has 4 fully saturated rings. The van der Waals surface area contributed by atoms with Gasteiger partial charge >= 0.3 is 0 Å². The molecule has 62 heavy (non-hydrogen) atoms. The van der Waals surface area contributed by atoms with Crippen LogP contribution in [0.25, 0.3) is 16.5 Å². The van der Waals surface area contributed by atoms with Crippen LogP contribution in [0, 0.1) is 17.7 Å². The lowest BCUT2D eigenvalue weighted by molar-refractivity contribution is -0.166. The molecule has 11 nitrogen and oxygen atoms in total. The lowest BCUT2D eigenvalue weighted by atomic mass is 9.79. The Morgan fingerprint density at radius 3 is 2.29 bits per heavy atom. The summed E-state index contributed by atoms with van der Waals surface area (Å²) in [7, 11) is 0. The minimum atomic E-state index is -0.579. The molecule has 4 saturated heterocycles. The number of amides is 3. The van der Waals surface area contributed by atoms with Crippen molar-refractivity contribution in [3.05, 3.63) is 100 Å². The largest absolute Gasteiger partial charge is 0.370 e. The first-order chi connectivity index (χ1) is 29.7. The van der Waals surface area contributed by atoms with Crippen LogP contribution in [0.5, 0.6) is 0 Å². The van der Waals surface area contributed by atoms with Crippen LogP contribution >= 0.6 is 0 Å². The summed E-state index contributed by atoms with van der Waals surface area (Å²) in [6.45, 7) is 16.2. The summed E-state index contributed by atoms with van der Waals surface area (Å²) in [5.41, 5.74) is 7.67. The molecular weight excluding hydrogens is 782 g/mol. The molecule has 0 aliphatic carbocycles. The molecule has 3 amide bonds. The topological polar surface area (TPSA) is 114 Å². The zero-order chi connectivity index (χ0) is 42.9. The van der Waals surface area contributed by atoms with Gasteiger partial charge in [-0.05, 0) is 156 Å². The fraction of sp³-hybridized carbons (Fsp3) is 0.520. The number of aromatic amines is 1. The van der Waals surface area contributed by atoms with Gasteiger partial charge < -0.3 is 24.4 Å². The highest BCUT2D eigenvalue weighted by Gasteiger charge is 2.41. The number of hydrogen-bond donors (Lipinski definition) is 2. The molecule has 0 spiro atoms. The van der Waals surface area contributed by atoms with Crippen LogP contribution in [-0.4, -0.2) is 98.4 Å². The maximum Gasteiger partial charge on any atom is 0.255 e. The van der Waals surface area contributed by atoms with Crippen molar-refractivity contribution in [2.24, 2.45) is 11.8 Å². The molecule has 2 N–H and O–H groups in total. The summed E-state index contributed by atoms with van der Waals surface area (Å²) in [5, 5.41) is 3.00. The molecule has 12 heteroatoms.